The first kappa shape index (κ1) is 24.9. The van der Waals surface area contributed by atoms with Crippen LogP contribution in [0.25, 0.3) is 0 Å². The number of esters is 1. The zero-order chi connectivity index (χ0) is 24.1. The van der Waals surface area contributed by atoms with Crippen molar-refractivity contribution in [3.05, 3.63) is 69.5 Å². The highest BCUT2D eigenvalue weighted by molar-refractivity contribution is 6.36. The molecule has 33 heavy (non-hydrogen) atoms. The van der Waals surface area contributed by atoms with E-state index in [0.29, 0.717) is 23.5 Å². The van der Waals surface area contributed by atoms with Gasteiger partial charge in [-0.1, -0.05) is 41.4 Å². The van der Waals surface area contributed by atoms with Crippen LogP contribution in [-0.4, -0.2) is 38.7 Å². The normalized spacial score (nSPS) is 18.0. The molecule has 2 aromatic carbocycles. The second kappa shape index (κ2) is 10.9. The largest absolute Gasteiger partial charge is 0.493 e. The van der Waals surface area contributed by atoms with Gasteiger partial charge in [0.1, 0.15) is 5.82 Å². The lowest BCUT2D eigenvalue weighted by atomic mass is 9.85. The Morgan fingerprint density at radius 2 is 1.82 bits per heavy atom. The molecule has 0 aliphatic heterocycles. The molecule has 0 spiro atoms. The van der Waals surface area contributed by atoms with Crippen molar-refractivity contribution in [2.24, 2.45) is 5.92 Å². The van der Waals surface area contributed by atoms with Crippen LogP contribution in [0.1, 0.15) is 35.2 Å². The van der Waals surface area contributed by atoms with Crippen LogP contribution in [0.3, 0.4) is 0 Å². The number of nitrogens with one attached hydrogen (secondary N) is 1. The van der Waals surface area contributed by atoms with Crippen molar-refractivity contribution in [1.29, 1.82) is 0 Å². The molecule has 1 aliphatic rings. The Morgan fingerprint density at radius 3 is 2.48 bits per heavy atom. The molecular formula is C24H24Cl2FNO5. The molecule has 1 N–H and O–H groups in total. The summed E-state index contributed by atoms with van der Waals surface area (Å²) in [5, 5.41) is 2.70. The van der Waals surface area contributed by atoms with Crippen LogP contribution in [-0.2, 0) is 9.53 Å². The number of benzene rings is 2. The summed E-state index contributed by atoms with van der Waals surface area (Å²) in [6.45, 7) is 1.98. The highest BCUT2D eigenvalue weighted by atomic mass is 35.5. The number of amides is 1. The summed E-state index contributed by atoms with van der Waals surface area (Å²) < 4.78 is 29.8. The van der Waals surface area contributed by atoms with E-state index in [1.807, 2.05) is 6.08 Å². The summed E-state index contributed by atoms with van der Waals surface area (Å²) >= 11 is 11.8. The van der Waals surface area contributed by atoms with Gasteiger partial charge in [-0.15, -0.1) is 0 Å². The van der Waals surface area contributed by atoms with Crippen LogP contribution < -0.4 is 14.8 Å². The van der Waals surface area contributed by atoms with Gasteiger partial charge in [-0.3, -0.25) is 9.59 Å². The van der Waals surface area contributed by atoms with E-state index in [1.165, 1.54) is 20.3 Å². The number of hydrogen-bond donors (Lipinski definition) is 1. The van der Waals surface area contributed by atoms with Crippen LogP contribution in [0.2, 0.25) is 10.0 Å². The Kier molecular flexibility index (Phi) is 8.21. The predicted octanol–water partition coefficient (Wildman–Crippen LogP) is 5.17. The third-order valence-electron chi connectivity index (χ3n) is 5.42. The minimum absolute atomic E-state index is 0.0164. The Bertz CT molecular complexity index is 1080. The van der Waals surface area contributed by atoms with Gasteiger partial charge in [-0.05, 0) is 49.1 Å². The van der Waals surface area contributed by atoms with Crippen LogP contribution >= 0.6 is 23.2 Å². The lowest BCUT2D eigenvalue weighted by Crippen LogP contribution is -2.34. The molecule has 0 saturated heterocycles. The van der Waals surface area contributed by atoms with E-state index >= 15 is 0 Å². The van der Waals surface area contributed by atoms with Gasteiger partial charge in [0.05, 0.1) is 42.4 Å². The van der Waals surface area contributed by atoms with Crippen LogP contribution in [0, 0.1) is 11.7 Å². The first-order chi connectivity index (χ1) is 15.8. The van der Waals surface area contributed by atoms with Gasteiger partial charge in [0.25, 0.3) is 5.91 Å². The monoisotopic (exact) mass is 495 g/mol. The highest BCUT2D eigenvalue weighted by Gasteiger charge is 2.35. The van der Waals surface area contributed by atoms with Crippen molar-refractivity contribution in [1.82, 2.24) is 5.32 Å². The van der Waals surface area contributed by atoms with Gasteiger partial charge >= 0.3 is 5.97 Å². The second-order valence-corrected chi connectivity index (χ2v) is 8.27. The van der Waals surface area contributed by atoms with Crippen LogP contribution in [0.15, 0.2) is 42.5 Å². The number of halogens is 3. The van der Waals surface area contributed by atoms with Gasteiger partial charge in [-0.2, -0.15) is 0 Å². The molecule has 176 valence electrons. The molecule has 1 aliphatic carbocycles. The van der Waals surface area contributed by atoms with Crippen molar-refractivity contribution >= 4 is 35.1 Å². The fourth-order valence-electron chi connectivity index (χ4n) is 3.86. The van der Waals surface area contributed by atoms with Gasteiger partial charge in [0.15, 0.2) is 11.5 Å². The van der Waals surface area contributed by atoms with E-state index in [4.69, 9.17) is 37.4 Å². The summed E-state index contributed by atoms with van der Waals surface area (Å²) in [5.41, 5.74) is 0.688. The molecule has 0 saturated carbocycles. The summed E-state index contributed by atoms with van der Waals surface area (Å²) in [7, 11) is 3.05. The smallest absolute Gasteiger partial charge is 0.314 e. The average Bonchev–Trinajstić information content (AvgIpc) is 3.24. The van der Waals surface area contributed by atoms with Crippen molar-refractivity contribution in [3.63, 3.8) is 0 Å². The Hall–Kier alpha value is -2.77. The first-order valence-corrected chi connectivity index (χ1v) is 11.1. The molecule has 0 heterocycles. The lowest BCUT2D eigenvalue weighted by Gasteiger charge is -2.23. The highest BCUT2D eigenvalue weighted by Crippen LogP contribution is 2.38. The van der Waals surface area contributed by atoms with E-state index < -0.39 is 17.6 Å². The first-order valence-electron chi connectivity index (χ1n) is 10.3. The fraction of sp³-hybridized carbons (Fsp3) is 0.333. The number of ether oxygens (including phenoxy) is 3. The predicted molar refractivity (Wildman–Crippen MR) is 124 cm³/mol. The average molecular weight is 496 g/mol. The maximum atomic E-state index is 13.8. The molecule has 6 nitrogen and oxygen atoms in total. The standard InChI is InChI=1S/C24H24Cl2FNO5/c1-4-33-24(30)22(14-6-8-20(31-2)21(10-14)32-3)13-5-7-15(9-13)28-23(29)16-11-19(27)18(26)12-17(16)25/h5-8,10-13,15,22H,4,9H2,1-3H3,(H,28,29). The summed E-state index contributed by atoms with van der Waals surface area (Å²) in [6.07, 6.45) is 4.11. The fourth-order valence-corrected chi connectivity index (χ4v) is 4.33. The zero-order valence-corrected chi connectivity index (χ0v) is 19.9. The molecule has 1 amide bonds. The van der Waals surface area contributed by atoms with Crippen molar-refractivity contribution < 1.29 is 28.2 Å². The molecule has 9 heteroatoms. The minimum Gasteiger partial charge on any atom is -0.493 e. The maximum Gasteiger partial charge on any atom is 0.314 e. The zero-order valence-electron chi connectivity index (χ0n) is 18.4. The third-order valence-corrected chi connectivity index (χ3v) is 6.03. The molecular weight excluding hydrogens is 472 g/mol. The molecule has 3 atom stereocenters. The van der Waals surface area contributed by atoms with Crippen molar-refractivity contribution in [2.45, 2.75) is 25.3 Å². The van der Waals surface area contributed by atoms with E-state index in [1.54, 1.807) is 31.2 Å². The van der Waals surface area contributed by atoms with E-state index in [9.17, 15) is 14.0 Å². The number of hydrogen-bond acceptors (Lipinski definition) is 5. The van der Waals surface area contributed by atoms with Crippen LogP contribution in [0.5, 0.6) is 11.5 Å². The van der Waals surface area contributed by atoms with Gasteiger partial charge in [-0.25, -0.2) is 4.39 Å². The molecule has 2 aromatic rings. The summed E-state index contributed by atoms with van der Waals surface area (Å²) in [6, 6.07) is 7.08. The summed E-state index contributed by atoms with van der Waals surface area (Å²) in [5.74, 6) is -1.47. The van der Waals surface area contributed by atoms with Gasteiger partial charge in [0, 0.05) is 6.04 Å². The molecule has 3 rings (SSSR count). The topological polar surface area (TPSA) is 73.9 Å². The Labute approximate surface area is 201 Å². The number of rotatable bonds is 8. The quantitative estimate of drug-likeness (QED) is 0.310. The van der Waals surface area contributed by atoms with E-state index in [0.717, 1.165) is 6.07 Å². The van der Waals surface area contributed by atoms with Crippen LogP contribution in [0.4, 0.5) is 4.39 Å². The van der Waals surface area contributed by atoms with Crippen molar-refractivity contribution in [2.75, 3.05) is 20.8 Å². The molecule has 0 aromatic heterocycles. The number of methoxy groups -OCH3 is 2. The third kappa shape index (κ3) is 5.60. The molecule has 0 bridgehead atoms. The lowest BCUT2D eigenvalue weighted by molar-refractivity contribution is -0.146. The van der Waals surface area contributed by atoms with E-state index in [-0.39, 0.29) is 40.1 Å². The molecule has 0 fully saturated rings. The van der Waals surface area contributed by atoms with E-state index in [2.05, 4.69) is 5.32 Å². The SMILES string of the molecule is CCOC(=O)C(c1ccc(OC)c(OC)c1)C1C=CC(NC(=O)c2cc(F)c(Cl)cc2Cl)C1. The number of allylic oxidation sites excluding steroid dienone is 1. The molecule has 3 unspecified atom stereocenters. The van der Waals surface area contributed by atoms with Gasteiger partial charge in [0.2, 0.25) is 0 Å². The number of carbonyl (C=O) groups excluding carboxylic acids is 2. The molecule has 0 radical (unpaired) electrons. The van der Waals surface area contributed by atoms with Gasteiger partial charge < -0.3 is 19.5 Å². The second-order valence-electron chi connectivity index (χ2n) is 7.45. The Morgan fingerprint density at radius 1 is 1.09 bits per heavy atom. The summed E-state index contributed by atoms with van der Waals surface area (Å²) in [4.78, 5) is 25.5. The Balaban J connectivity index is 1.80. The maximum absolute atomic E-state index is 13.8. The minimum atomic E-state index is -0.734. The van der Waals surface area contributed by atoms with Crippen molar-refractivity contribution in [3.8, 4) is 11.5 Å². The number of carbonyl (C=O) groups is 2.